The van der Waals surface area contributed by atoms with Crippen LogP contribution < -0.4 is 4.90 Å². The van der Waals surface area contributed by atoms with Crippen LogP contribution in [-0.2, 0) is 0 Å². The van der Waals surface area contributed by atoms with Crippen LogP contribution in [0.25, 0.3) is 11.1 Å². The van der Waals surface area contributed by atoms with Gasteiger partial charge in [0, 0.05) is 17.1 Å². The van der Waals surface area contributed by atoms with Gasteiger partial charge in [-0.2, -0.15) is 0 Å². The number of nitrogens with zero attached hydrogens (tertiary/aromatic N) is 1. The Balaban J connectivity index is 1.28. The molecular formula is C34H33N. The summed E-state index contributed by atoms with van der Waals surface area (Å²) in [6.45, 7) is 2.27. The minimum atomic E-state index is 0.785. The summed E-state index contributed by atoms with van der Waals surface area (Å²) in [5, 5.41) is 0. The second kappa shape index (κ2) is 8.41. The fourth-order valence-corrected chi connectivity index (χ4v) is 7.54. The number of rotatable bonds is 4. The third kappa shape index (κ3) is 3.69. The van der Waals surface area contributed by atoms with Gasteiger partial charge in [0.1, 0.15) is 0 Å². The van der Waals surface area contributed by atoms with E-state index < -0.39 is 0 Å². The summed E-state index contributed by atoms with van der Waals surface area (Å²) in [5.41, 5.74) is 11.0. The lowest BCUT2D eigenvalue weighted by molar-refractivity contribution is 0.166. The zero-order chi connectivity index (χ0) is 23.4. The predicted octanol–water partition coefficient (Wildman–Crippen LogP) is 9.52. The SMILES string of the molecule is Cc1cc(N(c2ccccc2)c2ccccc2)ccc1-c1ccc2c(c1)C1CC3CC(CC2C3)C1. The summed E-state index contributed by atoms with van der Waals surface area (Å²) in [6.07, 6.45) is 7.20. The molecule has 2 fully saturated rings. The lowest BCUT2D eigenvalue weighted by Crippen LogP contribution is -2.25. The van der Waals surface area contributed by atoms with E-state index in [2.05, 4.69) is 109 Å². The van der Waals surface area contributed by atoms with E-state index in [9.17, 15) is 0 Å². The minimum Gasteiger partial charge on any atom is -0.310 e. The Morgan fingerprint density at radius 2 is 1.14 bits per heavy atom. The van der Waals surface area contributed by atoms with Gasteiger partial charge < -0.3 is 4.90 Å². The van der Waals surface area contributed by atoms with E-state index in [0.717, 1.165) is 23.7 Å². The van der Waals surface area contributed by atoms with Crippen molar-refractivity contribution < 1.29 is 0 Å². The highest BCUT2D eigenvalue weighted by Gasteiger charge is 2.42. The van der Waals surface area contributed by atoms with Crippen LogP contribution in [0.4, 0.5) is 17.1 Å². The van der Waals surface area contributed by atoms with Crippen molar-refractivity contribution in [1.29, 1.82) is 0 Å². The molecule has 0 aliphatic heterocycles. The lowest BCUT2D eigenvalue weighted by Gasteiger charge is -2.38. The maximum absolute atomic E-state index is 2.57. The van der Waals surface area contributed by atoms with Crippen molar-refractivity contribution in [2.24, 2.45) is 11.8 Å². The second-order valence-electron chi connectivity index (χ2n) is 11.2. The molecular weight excluding hydrogens is 422 g/mol. The smallest absolute Gasteiger partial charge is 0.0464 e. The van der Waals surface area contributed by atoms with Crippen LogP contribution in [-0.4, -0.2) is 0 Å². The number of para-hydroxylation sites is 2. The van der Waals surface area contributed by atoms with Crippen LogP contribution in [0, 0.1) is 18.8 Å². The molecule has 8 rings (SSSR count). The molecule has 4 bridgehead atoms. The Hall–Kier alpha value is -3.32. The van der Waals surface area contributed by atoms with Gasteiger partial charge in [-0.25, -0.2) is 0 Å². The maximum Gasteiger partial charge on any atom is 0.0464 e. The molecule has 35 heavy (non-hydrogen) atoms. The summed E-state index contributed by atoms with van der Waals surface area (Å²) < 4.78 is 0. The van der Waals surface area contributed by atoms with Crippen molar-refractivity contribution in [3.63, 3.8) is 0 Å². The number of aryl methyl sites for hydroxylation is 1. The molecule has 4 aromatic carbocycles. The molecule has 2 saturated carbocycles. The Kier molecular flexibility index (Phi) is 5.05. The van der Waals surface area contributed by atoms with Gasteiger partial charge >= 0.3 is 0 Å². The first-order chi connectivity index (χ1) is 17.2. The number of hydrogen-bond acceptors (Lipinski definition) is 1. The van der Waals surface area contributed by atoms with Crippen LogP contribution in [0.15, 0.2) is 97.1 Å². The topological polar surface area (TPSA) is 3.24 Å². The van der Waals surface area contributed by atoms with E-state index >= 15 is 0 Å². The van der Waals surface area contributed by atoms with Crippen LogP contribution in [0.1, 0.15) is 60.6 Å². The third-order valence-corrected chi connectivity index (χ3v) is 8.91. The fraction of sp³-hybridized carbons (Fsp3) is 0.294. The zero-order valence-corrected chi connectivity index (χ0v) is 20.5. The van der Waals surface area contributed by atoms with E-state index in [1.807, 2.05) is 0 Å². The molecule has 174 valence electrons. The van der Waals surface area contributed by atoms with E-state index in [1.165, 1.54) is 65.9 Å². The van der Waals surface area contributed by atoms with Crippen LogP contribution in [0.5, 0.6) is 0 Å². The normalized spacial score (nSPS) is 24.1. The zero-order valence-electron chi connectivity index (χ0n) is 20.5. The Bertz CT molecular complexity index is 1300. The molecule has 0 radical (unpaired) electrons. The van der Waals surface area contributed by atoms with E-state index in [-0.39, 0.29) is 0 Å². The van der Waals surface area contributed by atoms with Crippen LogP contribution in [0.2, 0.25) is 0 Å². The quantitative estimate of drug-likeness (QED) is 0.296. The first kappa shape index (κ1) is 21.0. The van der Waals surface area contributed by atoms with Gasteiger partial charge in [0.15, 0.2) is 0 Å². The Morgan fingerprint density at radius 1 is 0.543 bits per heavy atom. The van der Waals surface area contributed by atoms with Gasteiger partial charge in [-0.1, -0.05) is 60.7 Å². The van der Waals surface area contributed by atoms with Crippen molar-refractivity contribution in [2.45, 2.75) is 50.9 Å². The Labute approximate surface area is 209 Å². The first-order valence-electron chi connectivity index (χ1n) is 13.4. The van der Waals surface area contributed by atoms with Crippen molar-refractivity contribution in [3.8, 4) is 11.1 Å². The van der Waals surface area contributed by atoms with Crippen molar-refractivity contribution >= 4 is 17.1 Å². The first-order valence-corrected chi connectivity index (χ1v) is 13.4. The summed E-state index contributed by atoms with van der Waals surface area (Å²) >= 11 is 0. The molecule has 1 heteroatoms. The largest absolute Gasteiger partial charge is 0.310 e. The number of hydrogen-bond donors (Lipinski definition) is 0. The Morgan fingerprint density at radius 3 is 1.74 bits per heavy atom. The fourth-order valence-electron chi connectivity index (χ4n) is 7.54. The number of anilines is 3. The molecule has 0 saturated heterocycles. The van der Waals surface area contributed by atoms with E-state index in [0.29, 0.717) is 0 Å². The van der Waals surface area contributed by atoms with Gasteiger partial charge in [0.05, 0.1) is 0 Å². The highest BCUT2D eigenvalue weighted by Crippen LogP contribution is 2.56. The molecule has 4 aromatic rings. The molecule has 2 unspecified atom stereocenters. The summed E-state index contributed by atoms with van der Waals surface area (Å²) in [6, 6.07) is 35.8. The lowest BCUT2D eigenvalue weighted by atomic mass is 9.67. The second-order valence-corrected chi connectivity index (χ2v) is 11.2. The van der Waals surface area contributed by atoms with Crippen molar-refractivity contribution in [1.82, 2.24) is 0 Å². The molecule has 0 N–H and O–H groups in total. The molecule has 0 spiro atoms. The molecule has 0 amide bonds. The van der Waals surface area contributed by atoms with E-state index in [1.54, 1.807) is 11.1 Å². The minimum absolute atomic E-state index is 0.785. The van der Waals surface area contributed by atoms with Crippen LogP contribution in [0.3, 0.4) is 0 Å². The average molecular weight is 456 g/mol. The molecule has 2 atom stereocenters. The van der Waals surface area contributed by atoms with Crippen LogP contribution >= 0.6 is 0 Å². The highest BCUT2D eigenvalue weighted by atomic mass is 15.1. The van der Waals surface area contributed by atoms with Gasteiger partial charge in [0.2, 0.25) is 0 Å². The molecule has 0 aromatic heterocycles. The van der Waals surface area contributed by atoms with E-state index in [4.69, 9.17) is 0 Å². The summed E-state index contributed by atoms with van der Waals surface area (Å²) in [4.78, 5) is 2.35. The molecule has 4 aliphatic carbocycles. The summed E-state index contributed by atoms with van der Waals surface area (Å²) in [7, 11) is 0. The summed E-state index contributed by atoms with van der Waals surface area (Å²) in [5.74, 6) is 3.53. The molecule has 1 nitrogen and oxygen atoms in total. The van der Waals surface area contributed by atoms with Gasteiger partial charge in [-0.05, 0) is 127 Å². The van der Waals surface area contributed by atoms with Gasteiger partial charge in [-0.3, -0.25) is 0 Å². The average Bonchev–Trinajstić information content (AvgIpc) is 3.05. The predicted molar refractivity (Wildman–Crippen MR) is 147 cm³/mol. The standard InChI is InChI=1S/C34H33N/c1-23-16-31(35(29-8-4-2-5-9-29)30-10-6-3-7-11-30)13-15-32(23)26-12-14-33-27-18-24-17-25(19-27)21-28(20-24)34(33)22-26/h2-16,22,24-25,27-28H,17-21H2,1H3. The maximum atomic E-state index is 2.57. The van der Waals surface area contributed by atoms with Crippen molar-refractivity contribution in [2.75, 3.05) is 4.90 Å². The molecule has 4 aliphatic rings. The van der Waals surface area contributed by atoms with Crippen molar-refractivity contribution in [3.05, 3.63) is 114 Å². The monoisotopic (exact) mass is 455 g/mol. The molecule has 0 heterocycles. The van der Waals surface area contributed by atoms with Gasteiger partial charge in [0.25, 0.3) is 0 Å². The van der Waals surface area contributed by atoms with Gasteiger partial charge in [-0.15, -0.1) is 0 Å². The number of benzene rings is 4. The third-order valence-electron chi connectivity index (χ3n) is 8.91. The highest BCUT2D eigenvalue weighted by molar-refractivity contribution is 5.79.